The van der Waals surface area contributed by atoms with Gasteiger partial charge in [0.05, 0.1) is 31.2 Å². The number of rotatable bonds is 8. The first kappa shape index (κ1) is 22.2. The molecule has 0 saturated heterocycles. The molecule has 1 heterocycles. The second kappa shape index (κ2) is 10.1. The van der Waals surface area contributed by atoms with Gasteiger partial charge in [-0.05, 0) is 54.1 Å². The molecule has 3 aromatic carbocycles. The van der Waals surface area contributed by atoms with Crippen molar-refractivity contribution >= 4 is 5.97 Å². The number of esters is 1. The van der Waals surface area contributed by atoms with Gasteiger partial charge < -0.3 is 14.8 Å². The Balaban J connectivity index is 1.55. The molecule has 0 radical (unpaired) electrons. The summed E-state index contributed by atoms with van der Waals surface area (Å²) in [4.78, 5) is 11.6. The van der Waals surface area contributed by atoms with Gasteiger partial charge in [0.2, 0.25) is 0 Å². The topological polar surface area (TPSA) is 65.4 Å². The molecule has 0 bridgehead atoms. The van der Waals surface area contributed by atoms with Gasteiger partial charge in [0.1, 0.15) is 11.6 Å². The minimum atomic E-state index is -0.361. The zero-order chi connectivity index (χ0) is 23.2. The third-order valence-electron chi connectivity index (χ3n) is 5.24. The number of aromatic nitrogens is 2. The fourth-order valence-corrected chi connectivity index (χ4v) is 3.50. The molecule has 0 unspecified atom stereocenters. The number of carbonyl (C=O) groups is 1. The fraction of sp³-hybridized carbons (Fsp3) is 0.154. The summed E-state index contributed by atoms with van der Waals surface area (Å²) >= 11 is 0. The van der Waals surface area contributed by atoms with Crippen LogP contribution in [-0.4, -0.2) is 30.0 Å². The number of hydrogen-bond acceptors (Lipinski definition) is 5. The highest BCUT2D eigenvalue weighted by molar-refractivity contribution is 5.89. The Bertz CT molecular complexity index is 1230. The molecule has 33 heavy (non-hydrogen) atoms. The fourth-order valence-electron chi connectivity index (χ4n) is 3.50. The van der Waals surface area contributed by atoms with E-state index in [9.17, 15) is 9.18 Å². The molecule has 0 amide bonds. The summed E-state index contributed by atoms with van der Waals surface area (Å²) < 4.78 is 25.6. The molecule has 7 heteroatoms. The van der Waals surface area contributed by atoms with Crippen molar-refractivity contribution in [3.8, 4) is 22.7 Å². The number of methoxy groups -OCH3 is 2. The van der Waals surface area contributed by atoms with Gasteiger partial charge in [0.15, 0.2) is 0 Å². The third-order valence-corrected chi connectivity index (χ3v) is 5.24. The van der Waals surface area contributed by atoms with Crippen LogP contribution in [0.1, 0.15) is 21.5 Å². The lowest BCUT2D eigenvalue weighted by molar-refractivity contribution is 0.0600. The number of ether oxygens (including phenoxy) is 2. The molecule has 6 nitrogen and oxygen atoms in total. The molecule has 168 valence electrons. The summed E-state index contributed by atoms with van der Waals surface area (Å²) in [5.41, 5.74) is 4.76. The van der Waals surface area contributed by atoms with Crippen LogP contribution in [0, 0.1) is 5.82 Å². The van der Waals surface area contributed by atoms with Crippen LogP contribution in [0.3, 0.4) is 0 Å². The van der Waals surface area contributed by atoms with Gasteiger partial charge in [-0.15, -0.1) is 0 Å². The predicted octanol–water partition coefficient (Wildman–Crippen LogP) is 4.76. The van der Waals surface area contributed by atoms with Crippen molar-refractivity contribution in [3.05, 3.63) is 102 Å². The lowest BCUT2D eigenvalue weighted by Crippen LogP contribution is -2.13. The average Bonchev–Trinajstić information content (AvgIpc) is 3.28. The molecular weight excluding hydrogens is 421 g/mol. The van der Waals surface area contributed by atoms with Crippen LogP contribution in [-0.2, 0) is 17.8 Å². The summed E-state index contributed by atoms with van der Waals surface area (Å²) in [5, 5.41) is 8.14. The molecule has 1 N–H and O–H groups in total. The summed E-state index contributed by atoms with van der Waals surface area (Å²) in [5.74, 6) is 0.0904. The number of nitrogens with zero attached hydrogens (tertiary/aromatic N) is 2. The van der Waals surface area contributed by atoms with E-state index in [0.29, 0.717) is 29.9 Å². The number of halogens is 1. The van der Waals surface area contributed by atoms with E-state index in [-0.39, 0.29) is 11.8 Å². The Morgan fingerprint density at radius 1 is 1.00 bits per heavy atom. The largest absolute Gasteiger partial charge is 0.497 e. The van der Waals surface area contributed by atoms with E-state index in [4.69, 9.17) is 14.6 Å². The van der Waals surface area contributed by atoms with Crippen molar-refractivity contribution in [1.82, 2.24) is 15.1 Å². The maximum absolute atomic E-state index is 13.9. The Kier molecular flexibility index (Phi) is 6.80. The highest BCUT2D eigenvalue weighted by atomic mass is 19.1. The molecule has 0 aliphatic heterocycles. The second-order valence-corrected chi connectivity index (χ2v) is 7.45. The quantitative estimate of drug-likeness (QED) is 0.396. The monoisotopic (exact) mass is 445 g/mol. The van der Waals surface area contributed by atoms with Crippen molar-refractivity contribution in [2.45, 2.75) is 13.1 Å². The van der Waals surface area contributed by atoms with Crippen LogP contribution in [0.2, 0.25) is 0 Å². The highest BCUT2D eigenvalue weighted by Gasteiger charge is 2.13. The van der Waals surface area contributed by atoms with E-state index in [1.54, 1.807) is 30.0 Å². The Hall–Kier alpha value is -3.97. The first-order valence-corrected chi connectivity index (χ1v) is 10.4. The Labute approximate surface area is 191 Å². The van der Waals surface area contributed by atoms with Gasteiger partial charge in [-0.2, -0.15) is 5.10 Å². The van der Waals surface area contributed by atoms with E-state index in [0.717, 1.165) is 22.6 Å². The van der Waals surface area contributed by atoms with Crippen LogP contribution in [0.4, 0.5) is 4.39 Å². The predicted molar refractivity (Wildman–Crippen MR) is 124 cm³/mol. The van der Waals surface area contributed by atoms with Crippen LogP contribution < -0.4 is 10.1 Å². The summed E-state index contributed by atoms with van der Waals surface area (Å²) in [7, 11) is 2.98. The van der Waals surface area contributed by atoms with E-state index in [1.165, 1.54) is 19.2 Å². The minimum Gasteiger partial charge on any atom is -0.497 e. The summed E-state index contributed by atoms with van der Waals surface area (Å²) in [6.45, 7) is 1.12. The van der Waals surface area contributed by atoms with Gasteiger partial charge in [-0.1, -0.05) is 24.3 Å². The van der Waals surface area contributed by atoms with Gasteiger partial charge in [-0.25, -0.2) is 13.9 Å². The van der Waals surface area contributed by atoms with Gasteiger partial charge >= 0.3 is 5.97 Å². The van der Waals surface area contributed by atoms with Crippen molar-refractivity contribution < 1.29 is 18.7 Å². The molecule has 0 spiro atoms. The SMILES string of the molecule is COC(=O)c1ccc(CNCc2cn(-c3ccc(OC)cc3)nc2-c2cccc(F)c2)cc1. The van der Waals surface area contributed by atoms with E-state index < -0.39 is 0 Å². The number of benzene rings is 3. The van der Waals surface area contributed by atoms with E-state index in [1.807, 2.05) is 48.7 Å². The standard InChI is InChI=1S/C26H24FN3O3/c1-32-24-12-10-23(11-13-24)30-17-21(25(29-30)20-4-3-5-22(27)14-20)16-28-15-18-6-8-19(9-7-18)26(31)33-2/h3-14,17,28H,15-16H2,1-2H3. The van der Waals surface area contributed by atoms with Crippen LogP contribution in [0.15, 0.2) is 79.0 Å². The molecule has 0 aliphatic carbocycles. The molecular formula is C26H24FN3O3. The smallest absolute Gasteiger partial charge is 0.337 e. The number of nitrogens with one attached hydrogen (secondary N) is 1. The van der Waals surface area contributed by atoms with Gasteiger partial charge in [-0.3, -0.25) is 0 Å². The molecule has 4 aromatic rings. The maximum atomic E-state index is 13.9. The van der Waals surface area contributed by atoms with E-state index >= 15 is 0 Å². The normalized spacial score (nSPS) is 10.8. The zero-order valence-electron chi connectivity index (χ0n) is 18.4. The molecule has 0 atom stereocenters. The molecule has 0 saturated carbocycles. The Morgan fingerprint density at radius 2 is 1.76 bits per heavy atom. The maximum Gasteiger partial charge on any atom is 0.337 e. The second-order valence-electron chi connectivity index (χ2n) is 7.45. The van der Waals surface area contributed by atoms with Gasteiger partial charge in [0.25, 0.3) is 0 Å². The number of carbonyl (C=O) groups excluding carboxylic acids is 1. The Morgan fingerprint density at radius 3 is 2.42 bits per heavy atom. The van der Waals surface area contributed by atoms with Crippen LogP contribution in [0.25, 0.3) is 16.9 Å². The first-order chi connectivity index (χ1) is 16.1. The molecule has 0 fully saturated rings. The summed E-state index contributed by atoms with van der Waals surface area (Å²) in [6, 6.07) is 21.2. The first-order valence-electron chi connectivity index (χ1n) is 10.4. The van der Waals surface area contributed by atoms with Crippen molar-refractivity contribution in [2.24, 2.45) is 0 Å². The third kappa shape index (κ3) is 5.27. The minimum absolute atomic E-state index is 0.309. The molecule has 0 aliphatic rings. The van der Waals surface area contributed by atoms with Crippen molar-refractivity contribution in [2.75, 3.05) is 14.2 Å². The molecule has 4 rings (SSSR count). The highest BCUT2D eigenvalue weighted by Crippen LogP contribution is 2.25. The average molecular weight is 445 g/mol. The van der Waals surface area contributed by atoms with Crippen LogP contribution >= 0.6 is 0 Å². The van der Waals surface area contributed by atoms with Crippen LogP contribution in [0.5, 0.6) is 5.75 Å². The van der Waals surface area contributed by atoms with Crippen molar-refractivity contribution in [1.29, 1.82) is 0 Å². The number of hydrogen-bond donors (Lipinski definition) is 1. The lowest BCUT2D eigenvalue weighted by atomic mass is 10.1. The van der Waals surface area contributed by atoms with E-state index in [2.05, 4.69) is 5.32 Å². The lowest BCUT2D eigenvalue weighted by Gasteiger charge is -2.07. The summed E-state index contributed by atoms with van der Waals surface area (Å²) in [6.07, 6.45) is 1.94. The zero-order valence-corrected chi connectivity index (χ0v) is 18.4. The van der Waals surface area contributed by atoms with Crippen molar-refractivity contribution in [3.63, 3.8) is 0 Å². The van der Waals surface area contributed by atoms with Gasteiger partial charge in [0, 0.05) is 30.4 Å². The molecule has 1 aromatic heterocycles.